The van der Waals surface area contributed by atoms with Crippen molar-refractivity contribution in [2.75, 3.05) is 69.2 Å². The van der Waals surface area contributed by atoms with Crippen LogP contribution in [0.25, 0.3) is 0 Å². The van der Waals surface area contributed by atoms with Gasteiger partial charge >= 0.3 is 6.18 Å². The Morgan fingerprint density at radius 2 is 1.82 bits per heavy atom. The van der Waals surface area contributed by atoms with Crippen molar-refractivity contribution in [3.05, 3.63) is 30.0 Å². The second-order valence-corrected chi connectivity index (χ2v) is 12.2. The smallest absolute Gasteiger partial charge is 0.421 e. The van der Waals surface area contributed by atoms with Crippen LogP contribution in [0, 0.1) is 0 Å². The number of hydrogen-bond acceptors (Lipinski definition) is 9. The van der Waals surface area contributed by atoms with E-state index in [1.165, 1.54) is 18.5 Å². The van der Waals surface area contributed by atoms with Crippen LogP contribution >= 0.6 is 0 Å². The fraction of sp³-hybridized carbons (Fsp3) is 0.600. The Hall–Kier alpha value is -2.84. The number of anilines is 4. The summed E-state index contributed by atoms with van der Waals surface area (Å²) in [6.07, 6.45) is -0.271. The molecule has 1 aliphatic carbocycles. The molecule has 4 rings (SSSR count). The molecule has 0 amide bonds. The quantitative estimate of drug-likeness (QED) is 0.492. The first-order valence-electron chi connectivity index (χ1n) is 12.9. The Morgan fingerprint density at radius 1 is 1.13 bits per heavy atom. The number of methoxy groups -OCH3 is 1. The first-order chi connectivity index (χ1) is 18.4. The zero-order chi connectivity index (χ0) is 28.4. The molecule has 0 spiro atoms. The van der Waals surface area contributed by atoms with Gasteiger partial charge in [0.2, 0.25) is 16.0 Å². The number of nitrogens with one attached hydrogen (secondary N) is 2. The van der Waals surface area contributed by atoms with E-state index in [9.17, 15) is 21.6 Å². The molecule has 1 aliphatic heterocycles. The van der Waals surface area contributed by atoms with Gasteiger partial charge < -0.3 is 25.2 Å². The summed E-state index contributed by atoms with van der Waals surface area (Å²) in [5, 5.41) is 5.90. The zero-order valence-electron chi connectivity index (χ0n) is 22.6. The highest BCUT2D eigenvalue weighted by Crippen LogP contribution is 2.37. The molecule has 10 nitrogen and oxygen atoms in total. The third-order valence-corrected chi connectivity index (χ3v) is 8.75. The number of halogens is 3. The third-order valence-electron chi connectivity index (χ3n) is 7.44. The first-order valence-corrected chi connectivity index (χ1v) is 14.7. The fourth-order valence-electron chi connectivity index (χ4n) is 5.06. The van der Waals surface area contributed by atoms with Crippen LogP contribution in [0.5, 0.6) is 5.75 Å². The van der Waals surface area contributed by atoms with E-state index in [-0.39, 0.29) is 5.95 Å². The number of rotatable bonds is 8. The molecule has 1 saturated heterocycles. The topological polar surface area (TPSA) is 103 Å². The third kappa shape index (κ3) is 7.03. The molecule has 2 aromatic rings. The maximum absolute atomic E-state index is 13.9. The molecule has 1 aromatic carbocycles. The molecule has 1 aromatic heterocycles. The number of aromatic nitrogens is 2. The lowest BCUT2D eigenvalue weighted by Gasteiger charge is -2.37. The van der Waals surface area contributed by atoms with Gasteiger partial charge in [0.25, 0.3) is 0 Å². The van der Waals surface area contributed by atoms with Crippen molar-refractivity contribution in [2.24, 2.45) is 0 Å². The van der Waals surface area contributed by atoms with Crippen molar-refractivity contribution < 1.29 is 26.3 Å². The summed E-state index contributed by atoms with van der Waals surface area (Å²) in [6.45, 7) is 3.64. The van der Waals surface area contributed by atoms with E-state index in [1.54, 1.807) is 6.07 Å². The van der Waals surface area contributed by atoms with Crippen LogP contribution in [0.15, 0.2) is 24.4 Å². The molecule has 2 N–H and O–H groups in total. The second kappa shape index (κ2) is 11.7. The molecule has 0 unspecified atom stereocenters. The van der Waals surface area contributed by atoms with E-state index in [2.05, 4.69) is 37.4 Å². The predicted molar refractivity (Wildman–Crippen MR) is 145 cm³/mol. The summed E-state index contributed by atoms with van der Waals surface area (Å²) in [7, 11) is 1.53. The summed E-state index contributed by atoms with van der Waals surface area (Å²) < 4.78 is 72.8. The summed E-state index contributed by atoms with van der Waals surface area (Å²) in [4.78, 5) is 12.6. The molecule has 0 bridgehead atoms. The number of hydrogen-bond donors (Lipinski definition) is 2. The van der Waals surface area contributed by atoms with Crippen molar-refractivity contribution in [1.82, 2.24) is 19.2 Å². The lowest BCUT2D eigenvalue weighted by atomic mass is 9.90. The van der Waals surface area contributed by atoms with Gasteiger partial charge in [-0.1, -0.05) is 12.8 Å². The van der Waals surface area contributed by atoms with E-state index in [0.717, 1.165) is 57.2 Å². The number of sulfonamides is 1. The van der Waals surface area contributed by atoms with Crippen molar-refractivity contribution in [3.8, 4) is 5.75 Å². The van der Waals surface area contributed by atoms with E-state index in [4.69, 9.17) is 4.74 Å². The van der Waals surface area contributed by atoms with E-state index >= 15 is 0 Å². The Kier molecular flexibility index (Phi) is 8.76. The number of alkyl halides is 3. The summed E-state index contributed by atoms with van der Waals surface area (Å²) in [5.41, 5.74) is 0.477. The monoisotopic (exact) mass is 571 g/mol. The minimum atomic E-state index is -4.70. The maximum atomic E-state index is 13.9. The highest BCUT2D eigenvalue weighted by molar-refractivity contribution is 7.88. The van der Waals surface area contributed by atoms with Gasteiger partial charge in [0.05, 0.1) is 19.1 Å². The van der Waals surface area contributed by atoms with Gasteiger partial charge in [0.15, 0.2) is 0 Å². The molecule has 14 heteroatoms. The van der Waals surface area contributed by atoms with Crippen LogP contribution in [0.4, 0.5) is 36.3 Å². The van der Waals surface area contributed by atoms with Gasteiger partial charge in [0, 0.05) is 63.3 Å². The van der Waals surface area contributed by atoms with Crippen LogP contribution < -0.4 is 20.3 Å². The molecular weight excluding hydrogens is 535 g/mol. The maximum Gasteiger partial charge on any atom is 0.421 e. The summed E-state index contributed by atoms with van der Waals surface area (Å²) >= 11 is 0. The average molecular weight is 572 g/mol. The van der Waals surface area contributed by atoms with Gasteiger partial charge in [-0.3, -0.25) is 0 Å². The molecule has 2 heterocycles. The Balaban J connectivity index is 1.60. The fourth-order valence-corrected chi connectivity index (χ4v) is 5.81. The van der Waals surface area contributed by atoms with Crippen molar-refractivity contribution in [2.45, 2.75) is 43.9 Å². The lowest BCUT2D eigenvalue weighted by molar-refractivity contribution is -0.137. The Morgan fingerprint density at radius 3 is 2.46 bits per heavy atom. The minimum Gasteiger partial charge on any atom is -0.494 e. The van der Waals surface area contributed by atoms with Gasteiger partial charge in [-0.2, -0.15) is 18.2 Å². The van der Waals surface area contributed by atoms with E-state index in [1.807, 2.05) is 12.1 Å². The predicted octanol–water partition coefficient (Wildman–Crippen LogP) is 3.61. The molecule has 2 atom stereocenters. The van der Waals surface area contributed by atoms with Crippen molar-refractivity contribution >= 4 is 33.2 Å². The molecule has 2 fully saturated rings. The van der Waals surface area contributed by atoms with Gasteiger partial charge in [-0.05, 0) is 32.0 Å². The molecule has 2 aliphatic rings. The van der Waals surface area contributed by atoms with Crippen LogP contribution in [0.3, 0.4) is 0 Å². The average Bonchev–Trinajstić information content (AvgIpc) is 2.88. The van der Waals surface area contributed by atoms with Gasteiger partial charge in [0.1, 0.15) is 17.1 Å². The number of piperazine rings is 1. The van der Waals surface area contributed by atoms with Gasteiger partial charge in [-0.15, -0.1) is 0 Å². The highest BCUT2D eigenvalue weighted by atomic mass is 32.2. The number of benzene rings is 1. The van der Waals surface area contributed by atoms with Crippen LogP contribution in [0.2, 0.25) is 0 Å². The highest BCUT2D eigenvalue weighted by Gasteiger charge is 2.38. The van der Waals surface area contributed by atoms with E-state index in [0.29, 0.717) is 24.3 Å². The normalized spacial score (nSPS) is 21.2. The lowest BCUT2D eigenvalue weighted by Crippen LogP contribution is -2.49. The Labute approximate surface area is 227 Å². The number of likely N-dealkylation sites (N-methyl/N-ethyl adjacent to an activating group) is 2. The second-order valence-electron chi connectivity index (χ2n) is 10.1. The SMILES string of the molecule is COc1cc(N2CCN(C)CC2)ccc1Nc1ncc(C(F)(F)F)c(N[C@@H]2CCCC[C@H]2N(C)S(C)(=O)=O)n1. The van der Waals surface area contributed by atoms with Crippen molar-refractivity contribution in [3.63, 3.8) is 0 Å². The number of nitrogens with zero attached hydrogens (tertiary/aromatic N) is 5. The van der Waals surface area contributed by atoms with E-state index < -0.39 is 39.7 Å². The van der Waals surface area contributed by atoms with Gasteiger partial charge in [-0.25, -0.2) is 17.7 Å². The largest absolute Gasteiger partial charge is 0.494 e. The molecule has 1 saturated carbocycles. The zero-order valence-corrected chi connectivity index (χ0v) is 23.4. The summed E-state index contributed by atoms with van der Waals surface area (Å²) in [6, 6.07) is 4.55. The molecular formula is C25H36F3N7O3S. The first kappa shape index (κ1) is 29.2. The number of ether oxygens (including phenoxy) is 1. The standard InChI is InChI=1S/C25H36F3N7O3S/c1-33-11-13-35(14-12-33)17-9-10-20(22(15-17)38-3)31-24-29-16-18(25(26,27)28)23(32-24)30-19-7-5-6-8-21(19)34(2)39(4,36)37/h9-10,15-16,19,21H,5-8,11-14H2,1-4H3,(H2,29,30,31,32)/t19-,21-/m1/s1. The van der Waals surface area contributed by atoms with Crippen molar-refractivity contribution in [1.29, 1.82) is 0 Å². The molecule has 0 radical (unpaired) electrons. The minimum absolute atomic E-state index is 0.0417. The molecule has 216 valence electrons. The van der Waals surface area contributed by atoms with Crippen LogP contribution in [-0.2, 0) is 16.2 Å². The molecule has 39 heavy (non-hydrogen) atoms. The summed E-state index contributed by atoms with van der Waals surface area (Å²) in [5.74, 6) is 0.0679. The van der Waals surface area contributed by atoms with Crippen LogP contribution in [0.1, 0.15) is 31.2 Å². The Bertz CT molecular complexity index is 1250. The van der Waals surface area contributed by atoms with Crippen LogP contribution in [-0.4, -0.2) is 93.3 Å².